The Morgan fingerprint density at radius 3 is 2.89 bits per heavy atom. The molecule has 0 spiro atoms. The van der Waals surface area contributed by atoms with Gasteiger partial charge in [-0.3, -0.25) is 4.79 Å². The SMILES string of the molecule is CC(=O)N1CCCC1c1nc2ccccc2n1CCCOc1cccc(C)c1. The van der Waals surface area contributed by atoms with Gasteiger partial charge in [-0.1, -0.05) is 24.3 Å². The molecule has 5 heteroatoms. The summed E-state index contributed by atoms with van der Waals surface area (Å²) in [7, 11) is 0. The summed E-state index contributed by atoms with van der Waals surface area (Å²) in [5, 5.41) is 0. The number of fused-ring (bicyclic) bond motifs is 1. The van der Waals surface area contributed by atoms with Crippen LogP contribution < -0.4 is 4.74 Å². The maximum absolute atomic E-state index is 12.1. The monoisotopic (exact) mass is 377 g/mol. The molecule has 5 nitrogen and oxygen atoms in total. The van der Waals surface area contributed by atoms with Gasteiger partial charge in [0.15, 0.2) is 0 Å². The van der Waals surface area contributed by atoms with Gasteiger partial charge in [0.25, 0.3) is 0 Å². The average molecular weight is 377 g/mol. The number of benzene rings is 2. The molecule has 1 fully saturated rings. The number of carbonyl (C=O) groups is 1. The number of aryl methyl sites for hydroxylation is 2. The number of para-hydroxylation sites is 2. The number of imidazole rings is 1. The second kappa shape index (κ2) is 8.05. The molecule has 1 aromatic heterocycles. The maximum Gasteiger partial charge on any atom is 0.220 e. The first kappa shape index (κ1) is 18.5. The molecule has 0 saturated carbocycles. The van der Waals surface area contributed by atoms with Crippen LogP contribution in [0.15, 0.2) is 48.5 Å². The van der Waals surface area contributed by atoms with Gasteiger partial charge in [0, 0.05) is 20.0 Å². The lowest BCUT2D eigenvalue weighted by Crippen LogP contribution is -2.30. The summed E-state index contributed by atoms with van der Waals surface area (Å²) in [6.45, 7) is 6.01. The van der Waals surface area contributed by atoms with Crippen LogP contribution >= 0.6 is 0 Å². The predicted molar refractivity (Wildman–Crippen MR) is 110 cm³/mol. The number of aromatic nitrogens is 2. The summed E-state index contributed by atoms with van der Waals surface area (Å²) >= 11 is 0. The van der Waals surface area contributed by atoms with Crippen molar-refractivity contribution in [2.75, 3.05) is 13.2 Å². The van der Waals surface area contributed by atoms with Crippen LogP contribution in [-0.2, 0) is 11.3 Å². The maximum atomic E-state index is 12.1. The van der Waals surface area contributed by atoms with Crippen LogP contribution in [-0.4, -0.2) is 33.5 Å². The molecule has 1 aliphatic heterocycles. The van der Waals surface area contributed by atoms with E-state index < -0.39 is 0 Å². The molecule has 1 atom stereocenters. The zero-order valence-corrected chi connectivity index (χ0v) is 16.6. The van der Waals surface area contributed by atoms with Crippen LogP contribution in [0.1, 0.15) is 43.6 Å². The normalized spacial score (nSPS) is 16.6. The summed E-state index contributed by atoms with van der Waals surface area (Å²) in [6.07, 6.45) is 2.89. The van der Waals surface area contributed by atoms with Crippen molar-refractivity contribution >= 4 is 16.9 Å². The molecular weight excluding hydrogens is 350 g/mol. The fourth-order valence-corrected chi connectivity index (χ4v) is 4.11. The van der Waals surface area contributed by atoms with Gasteiger partial charge >= 0.3 is 0 Å². The van der Waals surface area contributed by atoms with Gasteiger partial charge < -0.3 is 14.2 Å². The van der Waals surface area contributed by atoms with Crippen LogP contribution in [0.3, 0.4) is 0 Å². The highest BCUT2D eigenvalue weighted by Crippen LogP contribution is 2.33. The highest BCUT2D eigenvalue weighted by molar-refractivity contribution is 5.77. The van der Waals surface area contributed by atoms with Crippen molar-refractivity contribution in [1.82, 2.24) is 14.5 Å². The molecule has 1 amide bonds. The minimum atomic E-state index is 0.0718. The van der Waals surface area contributed by atoms with Crippen LogP contribution in [0.5, 0.6) is 5.75 Å². The highest BCUT2D eigenvalue weighted by atomic mass is 16.5. The molecule has 146 valence electrons. The van der Waals surface area contributed by atoms with Gasteiger partial charge in [0.2, 0.25) is 5.91 Å². The summed E-state index contributed by atoms with van der Waals surface area (Å²) in [5.41, 5.74) is 3.32. The lowest BCUT2D eigenvalue weighted by Gasteiger charge is -2.24. The standard InChI is InChI=1S/C23H27N3O2/c1-17-8-5-9-19(16-17)28-15-7-14-26-21-11-4-3-10-20(21)24-23(26)22-12-6-13-25(22)18(2)27/h3-5,8-11,16,22H,6-7,12-15H2,1-2H3. The number of rotatable bonds is 6. The van der Waals surface area contributed by atoms with Crippen molar-refractivity contribution in [3.63, 3.8) is 0 Å². The zero-order chi connectivity index (χ0) is 19.5. The molecule has 28 heavy (non-hydrogen) atoms. The molecule has 1 unspecified atom stereocenters. The Morgan fingerprint density at radius 1 is 1.21 bits per heavy atom. The Balaban J connectivity index is 1.53. The van der Waals surface area contributed by atoms with E-state index in [-0.39, 0.29) is 11.9 Å². The van der Waals surface area contributed by atoms with E-state index in [2.05, 4.69) is 29.7 Å². The lowest BCUT2D eigenvalue weighted by molar-refractivity contribution is -0.129. The third-order valence-electron chi connectivity index (χ3n) is 5.42. The van der Waals surface area contributed by atoms with E-state index in [1.165, 1.54) is 5.56 Å². The minimum absolute atomic E-state index is 0.0718. The molecular formula is C23H27N3O2. The Kier molecular flexibility index (Phi) is 5.33. The molecule has 2 heterocycles. The van der Waals surface area contributed by atoms with Crippen LogP contribution in [0, 0.1) is 6.92 Å². The Morgan fingerprint density at radius 2 is 2.07 bits per heavy atom. The molecule has 3 aromatic rings. The molecule has 0 radical (unpaired) electrons. The number of nitrogens with zero attached hydrogens (tertiary/aromatic N) is 3. The predicted octanol–water partition coefficient (Wildman–Crippen LogP) is 4.50. The number of likely N-dealkylation sites (tertiary alicyclic amines) is 1. The minimum Gasteiger partial charge on any atom is -0.494 e. The summed E-state index contributed by atoms with van der Waals surface area (Å²) in [5.74, 6) is 2.04. The third kappa shape index (κ3) is 3.75. The summed E-state index contributed by atoms with van der Waals surface area (Å²) < 4.78 is 8.20. The first-order valence-corrected chi connectivity index (χ1v) is 10.1. The molecule has 1 aliphatic rings. The van der Waals surface area contributed by atoms with Crippen molar-refractivity contribution in [3.8, 4) is 5.75 Å². The van der Waals surface area contributed by atoms with E-state index >= 15 is 0 Å². The van der Waals surface area contributed by atoms with Crippen molar-refractivity contribution in [3.05, 3.63) is 59.9 Å². The van der Waals surface area contributed by atoms with E-state index in [4.69, 9.17) is 9.72 Å². The highest BCUT2D eigenvalue weighted by Gasteiger charge is 2.31. The number of carbonyl (C=O) groups excluding carboxylic acids is 1. The largest absolute Gasteiger partial charge is 0.494 e. The second-order valence-corrected chi connectivity index (χ2v) is 7.50. The Hall–Kier alpha value is -2.82. The van der Waals surface area contributed by atoms with Crippen LogP contribution in [0.2, 0.25) is 0 Å². The first-order valence-electron chi connectivity index (χ1n) is 10.1. The molecule has 4 rings (SSSR count). The van der Waals surface area contributed by atoms with E-state index in [1.54, 1.807) is 6.92 Å². The van der Waals surface area contributed by atoms with Crippen molar-refractivity contribution in [2.45, 2.75) is 45.7 Å². The molecule has 0 aliphatic carbocycles. The summed E-state index contributed by atoms with van der Waals surface area (Å²) in [4.78, 5) is 18.9. The first-order chi connectivity index (χ1) is 13.6. The van der Waals surface area contributed by atoms with Gasteiger partial charge in [0.05, 0.1) is 23.7 Å². The van der Waals surface area contributed by atoms with E-state index in [0.29, 0.717) is 6.61 Å². The quantitative estimate of drug-likeness (QED) is 0.594. The number of amides is 1. The Bertz CT molecular complexity index is 979. The molecule has 1 saturated heterocycles. The lowest BCUT2D eigenvalue weighted by atomic mass is 10.2. The van der Waals surface area contributed by atoms with E-state index in [1.807, 2.05) is 35.2 Å². The van der Waals surface area contributed by atoms with Crippen molar-refractivity contribution in [2.24, 2.45) is 0 Å². The zero-order valence-electron chi connectivity index (χ0n) is 16.6. The van der Waals surface area contributed by atoms with Crippen LogP contribution in [0.4, 0.5) is 0 Å². The fourth-order valence-electron chi connectivity index (χ4n) is 4.11. The third-order valence-corrected chi connectivity index (χ3v) is 5.42. The average Bonchev–Trinajstić information content (AvgIpc) is 3.30. The van der Waals surface area contributed by atoms with Gasteiger partial charge in [-0.25, -0.2) is 4.98 Å². The molecule has 2 aromatic carbocycles. The second-order valence-electron chi connectivity index (χ2n) is 7.50. The van der Waals surface area contributed by atoms with Gasteiger partial charge in [-0.05, 0) is 56.0 Å². The smallest absolute Gasteiger partial charge is 0.220 e. The van der Waals surface area contributed by atoms with E-state index in [0.717, 1.165) is 55.0 Å². The molecule has 0 bridgehead atoms. The van der Waals surface area contributed by atoms with Gasteiger partial charge in [0.1, 0.15) is 11.6 Å². The number of hydrogen-bond donors (Lipinski definition) is 0. The number of hydrogen-bond acceptors (Lipinski definition) is 3. The molecule has 0 N–H and O–H groups in total. The van der Waals surface area contributed by atoms with Crippen LogP contribution in [0.25, 0.3) is 11.0 Å². The van der Waals surface area contributed by atoms with Crippen molar-refractivity contribution in [1.29, 1.82) is 0 Å². The van der Waals surface area contributed by atoms with E-state index in [9.17, 15) is 4.79 Å². The van der Waals surface area contributed by atoms with Gasteiger partial charge in [-0.15, -0.1) is 0 Å². The fraction of sp³-hybridized carbons (Fsp3) is 0.391. The topological polar surface area (TPSA) is 47.4 Å². The van der Waals surface area contributed by atoms with Gasteiger partial charge in [-0.2, -0.15) is 0 Å². The van der Waals surface area contributed by atoms with Crippen molar-refractivity contribution < 1.29 is 9.53 Å². The Labute approximate surface area is 165 Å². The number of ether oxygens (including phenoxy) is 1. The summed E-state index contributed by atoms with van der Waals surface area (Å²) in [6, 6.07) is 16.4.